The number of alkyl halides is 3. The second-order valence-corrected chi connectivity index (χ2v) is 9.86. The number of hydrogen-bond donors (Lipinski definition) is 3. The Morgan fingerprint density at radius 3 is 2.45 bits per heavy atom. The van der Waals surface area contributed by atoms with E-state index in [1.807, 2.05) is 12.1 Å². The smallest absolute Gasteiger partial charge is 0.355 e. The third-order valence-corrected chi connectivity index (χ3v) is 7.09. The molecular formula is C24H21F3N6O4S. The van der Waals surface area contributed by atoms with Crippen LogP contribution in [0.5, 0.6) is 0 Å². The van der Waals surface area contributed by atoms with E-state index in [0.717, 1.165) is 29.2 Å². The van der Waals surface area contributed by atoms with Crippen LogP contribution in [0.15, 0.2) is 58.6 Å². The van der Waals surface area contributed by atoms with Gasteiger partial charge in [0, 0.05) is 25.7 Å². The Bertz CT molecular complexity index is 1510. The van der Waals surface area contributed by atoms with Crippen molar-refractivity contribution in [1.29, 1.82) is 10.5 Å². The van der Waals surface area contributed by atoms with Crippen LogP contribution in [0, 0.1) is 22.7 Å². The molecule has 0 saturated heterocycles. The summed E-state index contributed by atoms with van der Waals surface area (Å²) in [5.41, 5.74) is -1.32. The molecule has 1 aliphatic heterocycles. The molecule has 0 saturated carbocycles. The minimum atomic E-state index is -4.67. The number of benzene rings is 2. The number of carbonyl (C=O) groups is 2. The van der Waals surface area contributed by atoms with Crippen molar-refractivity contribution in [3.63, 3.8) is 0 Å². The van der Waals surface area contributed by atoms with Gasteiger partial charge in [0.25, 0.3) is 0 Å². The van der Waals surface area contributed by atoms with Crippen LogP contribution < -0.4 is 20.3 Å². The molecule has 0 bridgehead atoms. The van der Waals surface area contributed by atoms with Crippen molar-refractivity contribution in [2.24, 2.45) is 0 Å². The van der Waals surface area contributed by atoms with Gasteiger partial charge >= 0.3 is 12.2 Å². The summed E-state index contributed by atoms with van der Waals surface area (Å²) in [6, 6.07) is 9.20. The average Bonchev–Trinajstić information content (AvgIpc) is 2.85. The van der Waals surface area contributed by atoms with Gasteiger partial charge in [0.05, 0.1) is 45.5 Å². The molecule has 0 spiro atoms. The summed E-state index contributed by atoms with van der Waals surface area (Å²) in [5, 5.41) is 24.1. The average molecular weight is 547 g/mol. The quantitative estimate of drug-likeness (QED) is 0.454. The minimum absolute atomic E-state index is 0.00750. The molecule has 2 aromatic rings. The van der Waals surface area contributed by atoms with Crippen molar-refractivity contribution >= 4 is 27.6 Å². The second-order valence-electron chi connectivity index (χ2n) is 8.12. The number of nitrogens with zero attached hydrogens (tertiary/aromatic N) is 3. The Kier molecular flexibility index (Phi) is 8.10. The molecule has 1 heterocycles. The molecule has 3 amide bonds. The Morgan fingerprint density at radius 1 is 1.13 bits per heavy atom. The van der Waals surface area contributed by atoms with Crippen molar-refractivity contribution < 1.29 is 31.2 Å². The Morgan fingerprint density at radius 2 is 1.84 bits per heavy atom. The number of sulfonamides is 1. The molecule has 3 rings (SSSR count). The number of amides is 3. The van der Waals surface area contributed by atoms with Crippen molar-refractivity contribution in [2.45, 2.75) is 31.0 Å². The predicted octanol–water partition coefficient (Wildman–Crippen LogP) is 3.06. The number of anilines is 1. The van der Waals surface area contributed by atoms with Gasteiger partial charge in [-0.25, -0.2) is 17.9 Å². The first-order valence-electron chi connectivity index (χ1n) is 11.0. The maximum Gasteiger partial charge on any atom is 0.416 e. The van der Waals surface area contributed by atoms with E-state index in [0.29, 0.717) is 0 Å². The zero-order valence-corrected chi connectivity index (χ0v) is 20.9. The van der Waals surface area contributed by atoms with Crippen LogP contribution >= 0.6 is 0 Å². The van der Waals surface area contributed by atoms with E-state index in [9.17, 15) is 41.7 Å². The number of nitriles is 2. The van der Waals surface area contributed by atoms with Gasteiger partial charge in [0.2, 0.25) is 15.9 Å². The van der Waals surface area contributed by atoms with Gasteiger partial charge in [-0.2, -0.15) is 23.7 Å². The molecule has 1 aliphatic rings. The number of nitrogens with one attached hydrogen (secondary N) is 3. The summed E-state index contributed by atoms with van der Waals surface area (Å²) >= 11 is 0. The predicted molar refractivity (Wildman–Crippen MR) is 129 cm³/mol. The third kappa shape index (κ3) is 5.94. The van der Waals surface area contributed by atoms with E-state index in [1.165, 1.54) is 32.0 Å². The standard InChI is InChI=1S/C24H21F3N6O4S/c1-14-20(13-29)22(32-23(35)33(14)18-5-3-4-17(11-18)24(25,26)27)19-7-6-16(12-28)10-21(19)38(36,37)31-9-8-30-15(2)34/h3-7,10-11,22,31H,8-9H2,1-2H3,(H,30,34)(H,32,35). The lowest BCUT2D eigenvalue weighted by molar-refractivity contribution is -0.137. The summed E-state index contributed by atoms with van der Waals surface area (Å²) in [7, 11) is -4.30. The van der Waals surface area contributed by atoms with E-state index in [2.05, 4.69) is 15.4 Å². The maximum atomic E-state index is 13.2. The first-order valence-corrected chi connectivity index (χ1v) is 12.5. The van der Waals surface area contributed by atoms with Crippen molar-refractivity contribution in [2.75, 3.05) is 18.0 Å². The molecule has 38 heavy (non-hydrogen) atoms. The fraction of sp³-hybridized carbons (Fsp3) is 0.250. The van der Waals surface area contributed by atoms with E-state index >= 15 is 0 Å². The van der Waals surface area contributed by atoms with Crippen molar-refractivity contribution in [3.8, 4) is 12.1 Å². The van der Waals surface area contributed by atoms with Crippen LogP contribution in [0.25, 0.3) is 0 Å². The fourth-order valence-electron chi connectivity index (χ4n) is 3.83. The highest BCUT2D eigenvalue weighted by atomic mass is 32.2. The molecule has 0 radical (unpaired) electrons. The zero-order chi connectivity index (χ0) is 28.3. The second kappa shape index (κ2) is 10.9. The highest BCUT2D eigenvalue weighted by molar-refractivity contribution is 7.89. The first kappa shape index (κ1) is 28.2. The van der Waals surface area contributed by atoms with Gasteiger partial charge in [-0.05, 0) is 42.8 Å². The Hall–Kier alpha value is -4.40. The van der Waals surface area contributed by atoms with E-state index < -0.39 is 38.7 Å². The highest BCUT2D eigenvalue weighted by Crippen LogP contribution is 2.37. The van der Waals surface area contributed by atoms with Gasteiger partial charge in [0.15, 0.2) is 0 Å². The van der Waals surface area contributed by atoms with Gasteiger partial charge in [-0.15, -0.1) is 0 Å². The van der Waals surface area contributed by atoms with Crippen LogP contribution in [-0.2, 0) is 21.0 Å². The molecule has 10 nitrogen and oxygen atoms in total. The summed E-state index contributed by atoms with van der Waals surface area (Å²) < 4.78 is 68.2. The van der Waals surface area contributed by atoms with E-state index in [4.69, 9.17) is 0 Å². The van der Waals surface area contributed by atoms with Crippen LogP contribution in [0.3, 0.4) is 0 Å². The molecule has 1 atom stereocenters. The molecule has 0 fully saturated rings. The topological polar surface area (TPSA) is 155 Å². The maximum absolute atomic E-state index is 13.2. The van der Waals surface area contributed by atoms with Crippen molar-refractivity contribution in [1.82, 2.24) is 15.4 Å². The summed E-state index contributed by atoms with van der Waals surface area (Å²) in [6.07, 6.45) is -4.67. The van der Waals surface area contributed by atoms with Gasteiger partial charge < -0.3 is 10.6 Å². The monoisotopic (exact) mass is 546 g/mol. The molecule has 3 N–H and O–H groups in total. The minimum Gasteiger partial charge on any atom is -0.355 e. The van der Waals surface area contributed by atoms with E-state index in [-0.39, 0.29) is 47.1 Å². The lowest BCUT2D eigenvalue weighted by Gasteiger charge is -2.34. The highest BCUT2D eigenvalue weighted by Gasteiger charge is 2.37. The molecule has 1 unspecified atom stereocenters. The number of halogens is 3. The van der Waals surface area contributed by atoms with Gasteiger partial charge in [-0.1, -0.05) is 12.1 Å². The van der Waals surface area contributed by atoms with Gasteiger partial charge in [-0.3, -0.25) is 9.69 Å². The molecule has 0 aromatic heterocycles. The van der Waals surface area contributed by atoms with E-state index in [1.54, 1.807) is 0 Å². The lowest BCUT2D eigenvalue weighted by Crippen LogP contribution is -2.47. The summed E-state index contributed by atoms with van der Waals surface area (Å²) in [4.78, 5) is 24.7. The number of carbonyl (C=O) groups excluding carboxylic acids is 2. The Balaban J connectivity index is 2.09. The van der Waals surface area contributed by atoms with Crippen LogP contribution in [0.1, 0.15) is 36.6 Å². The zero-order valence-electron chi connectivity index (χ0n) is 20.0. The normalized spacial score (nSPS) is 15.9. The van der Waals surface area contributed by atoms with Crippen molar-refractivity contribution in [3.05, 3.63) is 70.4 Å². The number of hydrogen-bond acceptors (Lipinski definition) is 6. The number of rotatable bonds is 7. The fourth-order valence-corrected chi connectivity index (χ4v) is 5.13. The largest absolute Gasteiger partial charge is 0.416 e. The van der Waals surface area contributed by atoms with Crippen LogP contribution in [0.2, 0.25) is 0 Å². The summed E-state index contributed by atoms with van der Waals surface area (Å²) in [5.74, 6) is -0.370. The van der Waals surface area contributed by atoms with Crippen LogP contribution in [0.4, 0.5) is 23.7 Å². The molecular weight excluding hydrogens is 525 g/mol. The summed E-state index contributed by atoms with van der Waals surface area (Å²) in [6.45, 7) is 2.42. The molecule has 198 valence electrons. The van der Waals surface area contributed by atoms with Gasteiger partial charge in [0.1, 0.15) is 0 Å². The third-order valence-electron chi connectivity index (χ3n) is 5.57. The Labute approximate surface area is 216 Å². The molecule has 14 heteroatoms. The molecule has 0 aliphatic carbocycles. The lowest BCUT2D eigenvalue weighted by atomic mass is 9.94. The number of urea groups is 1. The molecule has 2 aromatic carbocycles. The number of allylic oxidation sites excluding steroid dienone is 1. The first-order chi connectivity index (χ1) is 17.8. The SMILES string of the molecule is CC(=O)NCCNS(=O)(=O)c1cc(C#N)ccc1C1NC(=O)N(c2cccc(C(F)(F)F)c2)C(C)=C1C#N. The van der Waals surface area contributed by atoms with Crippen LogP contribution in [-0.4, -0.2) is 33.4 Å².